The number of carbonyl (C=O) groups is 2. The fraction of sp³-hybridized carbons (Fsp3) is 0.273. The second kappa shape index (κ2) is 4.20. The number of hydrogen-bond acceptors (Lipinski definition) is 2. The smallest absolute Gasteiger partial charge is 0.299 e. The standard InChI is InChI=1S/C11H8F3NO2/c12-4-1-5-15-9-7(14)3-2-6(13)8(9)10(16)11(15)17/h2-3H,1,4-5H2. The number of hydrogen-bond donors (Lipinski definition) is 0. The molecule has 0 atom stereocenters. The predicted molar refractivity (Wildman–Crippen MR) is 53.6 cm³/mol. The number of anilines is 1. The number of halogens is 3. The minimum atomic E-state index is -1.09. The molecule has 0 aliphatic carbocycles. The Balaban J connectivity index is 2.52. The summed E-state index contributed by atoms with van der Waals surface area (Å²) in [6, 6.07) is 1.63. The molecule has 0 radical (unpaired) electrons. The van der Waals surface area contributed by atoms with Crippen LogP contribution < -0.4 is 4.90 Å². The topological polar surface area (TPSA) is 37.4 Å². The van der Waals surface area contributed by atoms with E-state index in [-0.39, 0.29) is 18.7 Å². The van der Waals surface area contributed by atoms with Crippen molar-refractivity contribution in [3.63, 3.8) is 0 Å². The molecule has 1 aromatic rings. The van der Waals surface area contributed by atoms with E-state index in [0.29, 0.717) is 0 Å². The summed E-state index contributed by atoms with van der Waals surface area (Å²) in [7, 11) is 0. The largest absolute Gasteiger partial charge is 0.302 e. The van der Waals surface area contributed by atoms with Crippen LogP contribution in [0.4, 0.5) is 18.9 Å². The van der Waals surface area contributed by atoms with Gasteiger partial charge in [-0.05, 0) is 18.6 Å². The number of fused-ring (bicyclic) bond motifs is 1. The Labute approximate surface area is 94.8 Å². The molecule has 3 nitrogen and oxygen atoms in total. The van der Waals surface area contributed by atoms with Crippen LogP contribution in [0.15, 0.2) is 12.1 Å². The van der Waals surface area contributed by atoms with Gasteiger partial charge in [-0.3, -0.25) is 14.0 Å². The molecule has 2 rings (SSSR count). The van der Waals surface area contributed by atoms with Crippen LogP contribution in [0.1, 0.15) is 16.8 Å². The van der Waals surface area contributed by atoms with Gasteiger partial charge >= 0.3 is 0 Å². The average molecular weight is 243 g/mol. The fourth-order valence-electron chi connectivity index (χ4n) is 1.78. The molecular weight excluding hydrogens is 235 g/mol. The Morgan fingerprint density at radius 3 is 2.41 bits per heavy atom. The summed E-state index contributed by atoms with van der Waals surface area (Å²) in [5.41, 5.74) is -0.942. The minimum Gasteiger partial charge on any atom is -0.302 e. The quantitative estimate of drug-likeness (QED) is 0.760. The molecule has 1 aliphatic rings. The Kier molecular flexibility index (Phi) is 2.87. The van der Waals surface area contributed by atoms with Crippen LogP contribution in [0.25, 0.3) is 0 Å². The molecule has 1 heterocycles. The molecule has 0 saturated carbocycles. The number of Topliss-reactive ketones (excluding diaryl/α,β-unsaturated/α-hetero) is 1. The minimum absolute atomic E-state index is 0.0333. The normalized spacial score (nSPS) is 14.4. The molecule has 1 aliphatic heterocycles. The van der Waals surface area contributed by atoms with Gasteiger partial charge in [0.15, 0.2) is 0 Å². The SMILES string of the molecule is O=C1C(=O)N(CCCF)c2c(F)ccc(F)c21. The van der Waals surface area contributed by atoms with Gasteiger partial charge in [-0.2, -0.15) is 0 Å². The lowest BCUT2D eigenvalue weighted by Crippen LogP contribution is -2.31. The fourth-order valence-corrected chi connectivity index (χ4v) is 1.78. The van der Waals surface area contributed by atoms with Crippen molar-refractivity contribution >= 4 is 17.4 Å². The number of nitrogens with zero attached hydrogens (tertiary/aromatic N) is 1. The molecule has 0 spiro atoms. The zero-order valence-electron chi connectivity index (χ0n) is 8.67. The van der Waals surface area contributed by atoms with Crippen molar-refractivity contribution in [3.05, 3.63) is 29.3 Å². The van der Waals surface area contributed by atoms with Crippen molar-refractivity contribution in [3.8, 4) is 0 Å². The van der Waals surface area contributed by atoms with E-state index in [9.17, 15) is 22.8 Å². The average Bonchev–Trinajstić information content (AvgIpc) is 2.56. The number of alkyl halides is 1. The predicted octanol–water partition coefficient (Wildman–Crippen LogP) is 1.85. The zero-order valence-corrected chi connectivity index (χ0v) is 8.67. The maximum atomic E-state index is 13.5. The Bertz CT molecular complexity index is 502. The van der Waals surface area contributed by atoms with Gasteiger partial charge in [-0.25, -0.2) is 8.78 Å². The van der Waals surface area contributed by atoms with Crippen LogP contribution in [0.5, 0.6) is 0 Å². The van der Waals surface area contributed by atoms with Crippen LogP contribution in [-0.4, -0.2) is 24.9 Å². The summed E-state index contributed by atoms with van der Waals surface area (Å²) in [5, 5.41) is 0. The molecule has 1 aromatic carbocycles. The first-order chi connectivity index (χ1) is 8.07. The van der Waals surface area contributed by atoms with Gasteiger partial charge in [0, 0.05) is 6.54 Å². The monoisotopic (exact) mass is 243 g/mol. The van der Waals surface area contributed by atoms with Gasteiger partial charge in [0.1, 0.15) is 11.6 Å². The molecule has 17 heavy (non-hydrogen) atoms. The Hall–Kier alpha value is -1.85. The summed E-state index contributed by atoms with van der Waals surface area (Å²) in [4.78, 5) is 23.7. The number of rotatable bonds is 3. The van der Waals surface area contributed by atoms with Crippen molar-refractivity contribution in [1.82, 2.24) is 0 Å². The van der Waals surface area contributed by atoms with E-state index < -0.39 is 35.6 Å². The molecule has 1 amide bonds. The highest BCUT2D eigenvalue weighted by Gasteiger charge is 2.40. The maximum Gasteiger partial charge on any atom is 0.299 e. The summed E-state index contributed by atoms with van der Waals surface area (Å²) in [5.74, 6) is -3.91. The second-order valence-electron chi connectivity index (χ2n) is 3.58. The van der Waals surface area contributed by atoms with E-state index in [0.717, 1.165) is 17.0 Å². The highest BCUT2D eigenvalue weighted by atomic mass is 19.1. The van der Waals surface area contributed by atoms with Crippen LogP contribution in [0.2, 0.25) is 0 Å². The number of carbonyl (C=O) groups excluding carboxylic acids is 2. The summed E-state index contributed by atoms with van der Waals surface area (Å²) < 4.78 is 38.9. The van der Waals surface area contributed by atoms with Crippen LogP contribution in [0.3, 0.4) is 0 Å². The molecule has 0 fully saturated rings. The zero-order chi connectivity index (χ0) is 12.6. The number of amides is 1. The molecule has 0 bridgehead atoms. The summed E-state index contributed by atoms with van der Waals surface area (Å²) >= 11 is 0. The first-order valence-corrected chi connectivity index (χ1v) is 4.98. The second-order valence-corrected chi connectivity index (χ2v) is 3.58. The third-order valence-electron chi connectivity index (χ3n) is 2.53. The molecule has 0 saturated heterocycles. The molecule has 6 heteroatoms. The van der Waals surface area contributed by atoms with Crippen molar-refractivity contribution in [1.29, 1.82) is 0 Å². The van der Waals surface area contributed by atoms with Gasteiger partial charge < -0.3 is 4.90 Å². The molecular formula is C11H8F3NO2. The van der Waals surface area contributed by atoms with E-state index in [1.54, 1.807) is 0 Å². The van der Waals surface area contributed by atoms with E-state index in [1.807, 2.05) is 0 Å². The van der Waals surface area contributed by atoms with Crippen LogP contribution >= 0.6 is 0 Å². The lowest BCUT2D eigenvalue weighted by atomic mass is 10.1. The van der Waals surface area contributed by atoms with E-state index in [2.05, 4.69) is 0 Å². The molecule has 90 valence electrons. The van der Waals surface area contributed by atoms with Crippen molar-refractivity contribution in [2.24, 2.45) is 0 Å². The Morgan fingerprint density at radius 2 is 1.76 bits per heavy atom. The molecule has 0 N–H and O–H groups in total. The highest BCUT2D eigenvalue weighted by molar-refractivity contribution is 6.52. The van der Waals surface area contributed by atoms with Gasteiger partial charge in [0.25, 0.3) is 11.7 Å². The van der Waals surface area contributed by atoms with E-state index in [4.69, 9.17) is 0 Å². The van der Waals surface area contributed by atoms with Crippen molar-refractivity contribution in [2.75, 3.05) is 18.1 Å². The first kappa shape index (κ1) is 11.6. The van der Waals surface area contributed by atoms with Crippen LogP contribution in [-0.2, 0) is 4.79 Å². The lowest BCUT2D eigenvalue weighted by molar-refractivity contribution is -0.114. The van der Waals surface area contributed by atoms with Gasteiger partial charge in [0.05, 0.1) is 17.9 Å². The third kappa shape index (κ3) is 1.69. The molecule has 0 unspecified atom stereocenters. The Morgan fingerprint density at radius 1 is 1.12 bits per heavy atom. The van der Waals surface area contributed by atoms with Crippen LogP contribution in [0, 0.1) is 11.6 Å². The summed E-state index contributed by atoms with van der Waals surface area (Å²) in [6.07, 6.45) is -0.0333. The van der Waals surface area contributed by atoms with Crippen molar-refractivity contribution in [2.45, 2.75) is 6.42 Å². The summed E-state index contributed by atoms with van der Waals surface area (Å²) in [6.45, 7) is -0.849. The van der Waals surface area contributed by atoms with Crippen molar-refractivity contribution < 1.29 is 22.8 Å². The van der Waals surface area contributed by atoms with Gasteiger partial charge in [0.2, 0.25) is 0 Å². The highest BCUT2D eigenvalue weighted by Crippen LogP contribution is 2.33. The number of benzene rings is 1. The third-order valence-corrected chi connectivity index (χ3v) is 2.53. The lowest BCUT2D eigenvalue weighted by Gasteiger charge is -2.15. The molecule has 0 aromatic heterocycles. The van der Waals surface area contributed by atoms with Gasteiger partial charge in [-0.15, -0.1) is 0 Å². The van der Waals surface area contributed by atoms with Gasteiger partial charge in [-0.1, -0.05) is 0 Å². The van der Waals surface area contributed by atoms with E-state index >= 15 is 0 Å². The maximum absolute atomic E-state index is 13.5. The number of ketones is 1. The first-order valence-electron chi connectivity index (χ1n) is 4.98. The van der Waals surface area contributed by atoms with E-state index in [1.165, 1.54) is 0 Å².